The third-order valence-corrected chi connectivity index (χ3v) is 2.26. The number of para-hydroxylation sites is 1. The van der Waals surface area contributed by atoms with Gasteiger partial charge in [-0.25, -0.2) is 9.36 Å². The number of carboxylic acid groups (broad SMARTS) is 1. The quantitative estimate of drug-likeness (QED) is 0.143. The number of nitrogen functional groups attached to an aromatic ring is 1. The van der Waals surface area contributed by atoms with Crippen LogP contribution in [0.2, 0.25) is 0 Å². The molecule has 0 bridgehead atoms. The number of carbonyl (C=O) groups is 2. The molecular formula is C12H20NO11P. The van der Waals surface area contributed by atoms with E-state index in [1.807, 2.05) is 0 Å². The summed E-state index contributed by atoms with van der Waals surface area (Å²) in [6, 6.07) is 6.36. The first-order valence-electron chi connectivity index (χ1n) is 6.31. The lowest BCUT2D eigenvalue weighted by atomic mass is 10.1. The second kappa shape index (κ2) is 12.5. The van der Waals surface area contributed by atoms with Gasteiger partial charge in [0.25, 0.3) is 0 Å². The predicted molar refractivity (Wildman–Crippen MR) is 83.2 cm³/mol. The van der Waals surface area contributed by atoms with E-state index in [1.54, 1.807) is 18.2 Å². The zero-order valence-corrected chi connectivity index (χ0v) is 13.5. The zero-order valence-electron chi connectivity index (χ0n) is 12.7. The summed E-state index contributed by atoms with van der Waals surface area (Å²) >= 11 is 0. The maximum atomic E-state index is 10.3. The summed E-state index contributed by atoms with van der Waals surface area (Å²) in [7, 11) is -4.64. The van der Waals surface area contributed by atoms with Gasteiger partial charge < -0.3 is 50.7 Å². The minimum atomic E-state index is -4.64. The summed E-state index contributed by atoms with van der Waals surface area (Å²) in [5.41, 5.74) is 5.80. The molecule has 1 aromatic carbocycles. The third-order valence-electron chi connectivity index (χ3n) is 2.26. The van der Waals surface area contributed by atoms with Gasteiger partial charge in [0.05, 0.1) is 12.2 Å². The molecule has 0 saturated heterocycles. The fourth-order valence-corrected chi connectivity index (χ4v) is 1.11. The fourth-order valence-electron chi connectivity index (χ4n) is 1.11. The maximum Gasteiger partial charge on any atom is 0.466 e. The van der Waals surface area contributed by atoms with E-state index in [2.05, 4.69) is 0 Å². The third kappa shape index (κ3) is 14.2. The molecule has 0 saturated carbocycles. The molecular weight excluding hydrogens is 365 g/mol. The topological polar surface area (TPSA) is 239 Å². The molecule has 0 spiro atoms. The summed E-state index contributed by atoms with van der Waals surface area (Å²) in [5, 5.41) is 42.5. The molecule has 0 aliphatic heterocycles. The van der Waals surface area contributed by atoms with Crippen molar-refractivity contribution in [2.75, 3.05) is 12.3 Å². The Morgan fingerprint density at radius 3 is 1.88 bits per heavy atom. The molecule has 0 unspecified atom stereocenters. The summed E-state index contributed by atoms with van der Waals surface area (Å²) in [6.07, 6.45) is -4.63. The Morgan fingerprint density at radius 1 is 1.16 bits per heavy atom. The van der Waals surface area contributed by atoms with Crippen LogP contribution in [0.5, 0.6) is 0 Å². The summed E-state index contributed by atoms with van der Waals surface area (Å²) in [5.74, 6) is -0.988. The van der Waals surface area contributed by atoms with Crippen LogP contribution in [0.25, 0.3) is 0 Å². The first-order valence-corrected chi connectivity index (χ1v) is 7.88. The smallest absolute Gasteiger partial charge is 0.466 e. The van der Waals surface area contributed by atoms with Crippen molar-refractivity contribution in [1.82, 2.24) is 0 Å². The Hall–Kier alpha value is -1.89. The second-order valence-electron chi connectivity index (χ2n) is 4.27. The van der Waals surface area contributed by atoms with Gasteiger partial charge in [0.2, 0.25) is 0 Å². The van der Waals surface area contributed by atoms with Gasteiger partial charge in [-0.15, -0.1) is 0 Å². The molecule has 25 heavy (non-hydrogen) atoms. The number of carboxylic acids is 1. The van der Waals surface area contributed by atoms with Crippen molar-refractivity contribution in [3.8, 4) is 0 Å². The first-order chi connectivity index (χ1) is 11.3. The molecule has 0 aliphatic carbocycles. The number of hydrogen-bond acceptors (Lipinski definition) is 8. The Kier molecular flexibility index (Phi) is 12.6. The Morgan fingerprint density at radius 2 is 1.60 bits per heavy atom. The Bertz CT molecular complexity index is 568. The van der Waals surface area contributed by atoms with E-state index in [0.29, 0.717) is 5.69 Å². The van der Waals surface area contributed by atoms with E-state index in [9.17, 15) is 9.59 Å². The molecule has 144 valence electrons. The van der Waals surface area contributed by atoms with Crippen LogP contribution in [0.3, 0.4) is 0 Å². The van der Waals surface area contributed by atoms with Crippen LogP contribution in [-0.4, -0.2) is 77.4 Å². The van der Waals surface area contributed by atoms with Crippen LogP contribution >= 0.6 is 7.82 Å². The number of carbonyl (C=O) groups excluding carboxylic acids is 1. The average molecular weight is 385 g/mol. The lowest BCUT2D eigenvalue weighted by Crippen LogP contribution is -2.40. The van der Waals surface area contributed by atoms with Crippen molar-refractivity contribution in [2.45, 2.75) is 18.3 Å². The number of rotatable bonds is 5. The van der Waals surface area contributed by atoms with Crippen molar-refractivity contribution >= 4 is 25.8 Å². The van der Waals surface area contributed by atoms with E-state index in [4.69, 9.17) is 50.5 Å². The molecule has 12 nitrogen and oxygen atoms in total. The van der Waals surface area contributed by atoms with Crippen LogP contribution in [-0.2, 0) is 9.36 Å². The molecule has 1 aromatic rings. The minimum Gasteiger partial charge on any atom is -0.478 e. The standard InChI is InChI=1S/C7H7NO2.C5H10O5.H3O4P/c8-6-4-2-1-3-5(6)7(9)10;6-1-3(8)5(10)4(9)2-7;1-5(2,3)4/h1-4H,8H2,(H,9,10);1,3-5,7-10H,2H2;(H3,1,2,3,4)/t;3-,4+,5-;/m.0./s1. The highest BCUT2D eigenvalue weighted by Gasteiger charge is 2.22. The van der Waals surface area contributed by atoms with Gasteiger partial charge in [-0.1, -0.05) is 12.1 Å². The number of hydrogen-bond donors (Lipinski definition) is 9. The highest BCUT2D eigenvalue weighted by Crippen LogP contribution is 2.25. The van der Waals surface area contributed by atoms with Crippen molar-refractivity contribution in [2.24, 2.45) is 0 Å². The van der Waals surface area contributed by atoms with E-state index in [-0.39, 0.29) is 11.8 Å². The zero-order chi connectivity index (χ0) is 20.2. The van der Waals surface area contributed by atoms with Crippen molar-refractivity contribution in [1.29, 1.82) is 0 Å². The number of aldehydes is 1. The van der Waals surface area contributed by atoms with Crippen LogP contribution in [0.1, 0.15) is 10.4 Å². The van der Waals surface area contributed by atoms with Gasteiger partial charge in [-0.05, 0) is 12.1 Å². The first kappa shape index (κ1) is 25.4. The fraction of sp³-hybridized carbons (Fsp3) is 0.333. The van der Waals surface area contributed by atoms with Gasteiger partial charge in [0.15, 0.2) is 6.29 Å². The number of aliphatic hydroxyl groups excluding tert-OH is 4. The van der Waals surface area contributed by atoms with Gasteiger partial charge in [0.1, 0.15) is 18.3 Å². The molecule has 0 amide bonds. The molecule has 0 aliphatic rings. The summed E-state index contributed by atoms with van der Waals surface area (Å²) < 4.78 is 8.88. The number of nitrogens with two attached hydrogens (primary N) is 1. The molecule has 3 atom stereocenters. The SMILES string of the molecule is Nc1ccccc1C(=O)O.O=C[C@H](O)[C@H](O)[C@H](O)CO.O=P(O)(O)O. The lowest BCUT2D eigenvalue weighted by Gasteiger charge is -2.16. The van der Waals surface area contributed by atoms with Gasteiger partial charge in [-0.2, -0.15) is 0 Å². The van der Waals surface area contributed by atoms with E-state index in [0.717, 1.165) is 0 Å². The van der Waals surface area contributed by atoms with Crippen LogP contribution < -0.4 is 5.73 Å². The summed E-state index contributed by atoms with van der Waals surface area (Å²) in [4.78, 5) is 41.7. The molecule has 0 heterocycles. The predicted octanol–water partition coefficient (Wildman–Crippen LogP) is -2.70. The van der Waals surface area contributed by atoms with Gasteiger partial charge >= 0.3 is 13.8 Å². The molecule has 1 rings (SSSR count). The van der Waals surface area contributed by atoms with Crippen molar-refractivity contribution in [3.63, 3.8) is 0 Å². The highest BCUT2D eigenvalue weighted by atomic mass is 31.2. The molecule has 0 aromatic heterocycles. The monoisotopic (exact) mass is 385 g/mol. The number of aliphatic hydroxyl groups is 4. The molecule has 10 N–H and O–H groups in total. The van der Waals surface area contributed by atoms with Gasteiger partial charge in [0, 0.05) is 5.69 Å². The van der Waals surface area contributed by atoms with E-state index in [1.165, 1.54) is 6.07 Å². The average Bonchev–Trinajstić information content (AvgIpc) is 2.51. The molecule has 13 heteroatoms. The van der Waals surface area contributed by atoms with E-state index >= 15 is 0 Å². The van der Waals surface area contributed by atoms with E-state index < -0.39 is 38.7 Å². The largest absolute Gasteiger partial charge is 0.478 e. The number of phosphoric acid groups is 1. The van der Waals surface area contributed by atoms with Crippen LogP contribution in [0.4, 0.5) is 5.69 Å². The van der Waals surface area contributed by atoms with Crippen LogP contribution in [0, 0.1) is 0 Å². The molecule has 0 radical (unpaired) electrons. The number of benzene rings is 1. The van der Waals surface area contributed by atoms with Gasteiger partial charge in [-0.3, -0.25) is 0 Å². The maximum absolute atomic E-state index is 10.3. The van der Waals surface area contributed by atoms with Crippen LogP contribution in [0.15, 0.2) is 24.3 Å². The number of anilines is 1. The number of aromatic carboxylic acids is 1. The Balaban J connectivity index is 0. The minimum absolute atomic E-state index is 0.0869. The normalized spacial score (nSPS) is 13.9. The van der Waals surface area contributed by atoms with Crippen molar-refractivity contribution in [3.05, 3.63) is 29.8 Å². The lowest BCUT2D eigenvalue weighted by molar-refractivity contribution is -0.127. The molecule has 0 fully saturated rings. The van der Waals surface area contributed by atoms with Crippen molar-refractivity contribution < 1.29 is 54.4 Å². The second-order valence-corrected chi connectivity index (χ2v) is 5.30. The summed E-state index contributed by atoms with van der Waals surface area (Å²) in [6.45, 7) is -0.688. The highest BCUT2D eigenvalue weighted by molar-refractivity contribution is 7.45. The Labute approximate surface area is 141 Å².